The Morgan fingerprint density at radius 3 is 2.60 bits per heavy atom. The number of methoxy groups -OCH3 is 1. The van der Waals surface area contributed by atoms with Crippen LogP contribution in [0.25, 0.3) is 0 Å². The number of halogens is 1. The van der Waals surface area contributed by atoms with Gasteiger partial charge in [-0.05, 0) is 41.0 Å². The molecule has 7 heteroatoms. The Balaban J connectivity index is 1.35. The molecule has 6 nitrogen and oxygen atoms in total. The summed E-state index contributed by atoms with van der Waals surface area (Å²) in [7, 11) is 1.66. The van der Waals surface area contributed by atoms with Gasteiger partial charge in [0.2, 0.25) is 0 Å². The van der Waals surface area contributed by atoms with Gasteiger partial charge in [-0.1, -0.05) is 71.4 Å². The van der Waals surface area contributed by atoms with Gasteiger partial charge in [-0.2, -0.15) is 0 Å². The van der Waals surface area contributed by atoms with E-state index in [-0.39, 0.29) is 12.7 Å². The van der Waals surface area contributed by atoms with E-state index in [2.05, 4.69) is 16.1 Å². The van der Waals surface area contributed by atoms with E-state index in [1.807, 2.05) is 72.8 Å². The molecule has 1 aliphatic rings. The molecule has 0 bridgehead atoms. The maximum absolute atomic E-state index is 10.7. The van der Waals surface area contributed by atoms with E-state index in [9.17, 15) is 5.11 Å². The number of aliphatic hydroxyl groups excluding tert-OH is 1. The summed E-state index contributed by atoms with van der Waals surface area (Å²) in [5, 5.41) is 15.7. The van der Waals surface area contributed by atoms with Crippen LogP contribution < -0.4 is 4.74 Å². The average molecular weight is 495 g/mol. The van der Waals surface area contributed by atoms with Gasteiger partial charge in [-0.3, -0.25) is 4.90 Å². The van der Waals surface area contributed by atoms with Crippen LogP contribution in [0.15, 0.2) is 84.0 Å². The third kappa shape index (κ3) is 7.80. The highest BCUT2D eigenvalue weighted by atomic mass is 35.5. The lowest BCUT2D eigenvalue weighted by Gasteiger charge is -2.27. The van der Waals surface area contributed by atoms with Gasteiger partial charge in [0.05, 0.1) is 32.1 Å². The van der Waals surface area contributed by atoms with Crippen LogP contribution in [0.2, 0.25) is 5.02 Å². The highest BCUT2D eigenvalue weighted by molar-refractivity contribution is 6.30. The van der Waals surface area contributed by atoms with Gasteiger partial charge in [0.1, 0.15) is 11.9 Å². The molecule has 0 saturated carbocycles. The average Bonchev–Trinajstić information content (AvgIpc) is 3.33. The first kappa shape index (κ1) is 25.2. The lowest BCUT2D eigenvalue weighted by atomic mass is 10.0. The maximum Gasteiger partial charge on any atom is 0.145 e. The molecule has 2 atom stereocenters. The summed E-state index contributed by atoms with van der Waals surface area (Å²) < 4.78 is 11.1. The fourth-order valence-corrected chi connectivity index (χ4v) is 4.22. The molecule has 0 aromatic heterocycles. The van der Waals surface area contributed by atoms with Crippen molar-refractivity contribution in [1.82, 2.24) is 4.90 Å². The second kappa shape index (κ2) is 12.7. The molecule has 3 aromatic carbocycles. The van der Waals surface area contributed by atoms with E-state index < -0.39 is 6.10 Å². The Kier molecular flexibility index (Phi) is 9.15. The molecule has 35 heavy (non-hydrogen) atoms. The van der Waals surface area contributed by atoms with Crippen molar-refractivity contribution in [2.24, 2.45) is 5.16 Å². The topological polar surface area (TPSA) is 63.5 Å². The summed E-state index contributed by atoms with van der Waals surface area (Å²) in [4.78, 5) is 7.94. The summed E-state index contributed by atoms with van der Waals surface area (Å²) in [5.41, 5.74) is 4.09. The van der Waals surface area contributed by atoms with Crippen molar-refractivity contribution in [2.75, 3.05) is 26.8 Å². The van der Waals surface area contributed by atoms with Crippen LogP contribution in [0, 0.1) is 0 Å². The van der Waals surface area contributed by atoms with Crippen molar-refractivity contribution in [1.29, 1.82) is 0 Å². The third-order valence-electron chi connectivity index (χ3n) is 5.80. The zero-order valence-corrected chi connectivity index (χ0v) is 20.6. The fourth-order valence-electron chi connectivity index (χ4n) is 4.10. The maximum atomic E-state index is 10.7. The molecule has 0 radical (unpaired) electrons. The minimum atomic E-state index is -0.637. The zero-order valence-electron chi connectivity index (χ0n) is 19.8. The molecule has 184 valence electrons. The number of benzene rings is 3. The third-order valence-corrected chi connectivity index (χ3v) is 6.06. The second-order valence-corrected chi connectivity index (χ2v) is 9.11. The predicted octanol–water partition coefficient (Wildman–Crippen LogP) is 4.92. The van der Waals surface area contributed by atoms with Gasteiger partial charge in [-0.25, -0.2) is 0 Å². The molecule has 0 amide bonds. The molecule has 0 fully saturated rings. The van der Waals surface area contributed by atoms with Crippen LogP contribution in [-0.4, -0.2) is 54.7 Å². The summed E-state index contributed by atoms with van der Waals surface area (Å²) >= 11 is 6.01. The number of hydrogen-bond donors (Lipinski definition) is 1. The molecule has 1 N–H and O–H groups in total. The van der Waals surface area contributed by atoms with Crippen LogP contribution in [0.3, 0.4) is 0 Å². The number of nitrogens with zero attached hydrogens (tertiary/aromatic N) is 2. The molecule has 1 aliphatic heterocycles. The molecule has 0 aliphatic carbocycles. The van der Waals surface area contributed by atoms with Crippen molar-refractivity contribution in [3.05, 3.63) is 101 Å². The first-order chi connectivity index (χ1) is 17.1. The Morgan fingerprint density at radius 2 is 1.83 bits per heavy atom. The number of hydrogen-bond acceptors (Lipinski definition) is 6. The standard InChI is InChI=1S/C28H31ClN2O4/c1-33-26-9-5-8-22(14-26)16-31(17-25(32)20-34-19-21-6-3-2-4-7-21)18-27-15-28(30-35-27)23-10-12-24(29)13-11-23/h2-14,25,27,32H,15-20H2,1H3/t25-,27+/m0/s1. The van der Waals surface area contributed by atoms with Crippen LogP contribution >= 0.6 is 11.6 Å². The van der Waals surface area contributed by atoms with E-state index in [4.69, 9.17) is 25.9 Å². The largest absolute Gasteiger partial charge is 0.497 e. The lowest BCUT2D eigenvalue weighted by molar-refractivity contribution is -0.00649. The van der Waals surface area contributed by atoms with Gasteiger partial charge in [-0.15, -0.1) is 0 Å². The normalized spacial score (nSPS) is 16.1. The Morgan fingerprint density at radius 1 is 1.06 bits per heavy atom. The number of rotatable bonds is 12. The van der Waals surface area contributed by atoms with Crippen molar-refractivity contribution >= 4 is 17.3 Å². The van der Waals surface area contributed by atoms with E-state index in [1.165, 1.54) is 0 Å². The van der Waals surface area contributed by atoms with E-state index in [0.717, 1.165) is 28.2 Å². The van der Waals surface area contributed by atoms with Gasteiger partial charge < -0.3 is 19.4 Å². The molecule has 0 unspecified atom stereocenters. The van der Waals surface area contributed by atoms with Gasteiger partial charge in [0, 0.05) is 31.1 Å². The summed E-state index contributed by atoms with van der Waals surface area (Å²) in [5.74, 6) is 0.805. The summed E-state index contributed by atoms with van der Waals surface area (Å²) in [6.45, 7) is 2.43. The van der Waals surface area contributed by atoms with Crippen molar-refractivity contribution in [2.45, 2.75) is 31.8 Å². The SMILES string of the molecule is COc1cccc(CN(C[C@H](O)COCc2ccccc2)C[C@H]2CC(c3ccc(Cl)cc3)=NO2)c1. The highest BCUT2D eigenvalue weighted by Gasteiger charge is 2.26. The Labute approximate surface area is 211 Å². The van der Waals surface area contributed by atoms with Crippen molar-refractivity contribution < 1.29 is 19.4 Å². The van der Waals surface area contributed by atoms with Crippen LogP contribution in [0.5, 0.6) is 5.75 Å². The Hall–Kier alpha value is -2.90. The zero-order chi connectivity index (χ0) is 24.5. The van der Waals surface area contributed by atoms with Crippen molar-refractivity contribution in [3.63, 3.8) is 0 Å². The molecule has 0 spiro atoms. The number of aliphatic hydroxyl groups is 1. The van der Waals surface area contributed by atoms with E-state index >= 15 is 0 Å². The molecule has 1 heterocycles. The molecule has 0 saturated heterocycles. The number of ether oxygens (including phenoxy) is 2. The first-order valence-electron chi connectivity index (χ1n) is 11.7. The van der Waals surface area contributed by atoms with E-state index in [0.29, 0.717) is 37.7 Å². The van der Waals surface area contributed by atoms with Gasteiger partial charge in [0.15, 0.2) is 0 Å². The monoisotopic (exact) mass is 494 g/mol. The molecular weight excluding hydrogens is 464 g/mol. The minimum absolute atomic E-state index is 0.108. The predicted molar refractivity (Wildman–Crippen MR) is 138 cm³/mol. The Bertz CT molecular complexity index is 1090. The lowest BCUT2D eigenvalue weighted by Crippen LogP contribution is -2.39. The van der Waals surface area contributed by atoms with Crippen LogP contribution in [-0.2, 0) is 22.7 Å². The minimum Gasteiger partial charge on any atom is -0.497 e. The highest BCUT2D eigenvalue weighted by Crippen LogP contribution is 2.21. The molecule has 4 rings (SSSR count). The first-order valence-corrected chi connectivity index (χ1v) is 12.1. The van der Waals surface area contributed by atoms with Gasteiger partial charge in [0.25, 0.3) is 0 Å². The van der Waals surface area contributed by atoms with Crippen molar-refractivity contribution in [3.8, 4) is 5.75 Å². The second-order valence-electron chi connectivity index (χ2n) is 8.68. The molecular formula is C28H31ClN2O4. The summed E-state index contributed by atoms with van der Waals surface area (Å²) in [6, 6.07) is 25.5. The smallest absolute Gasteiger partial charge is 0.145 e. The van der Waals surface area contributed by atoms with E-state index in [1.54, 1.807) is 7.11 Å². The van der Waals surface area contributed by atoms with Crippen LogP contribution in [0.4, 0.5) is 0 Å². The quantitative estimate of drug-likeness (QED) is 0.387. The number of oxime groups is 1. The molecule has 3 aromatic rings. The van der Waals surface area contributed by atoms with Crippen LogP contribution in [0.1, 0.15) is 23.1 Å². The van der Waals surface area contributed by atoms with Gasteiger partial charge >= 0.3 is 0 Å². The summed E-state index contributed by atoms with van der Waals surface area (Å²) in [6.07, 6.45) is -0.0530. The fraction of sp³-hybridized carbons (Fsp3) is 0.321.